The lowest BCUT2D eigenvalue weighted by Crippen LogP contribution is -2.39. The maximum Gasteiger partial charge on any atom is 0.249 e. The predicted octanol–water partition coefficient (Wildman–Crippen LogP) is 2.32. The second kappa shape index (κ2) is 4.84. The van der Waals surface area contributed by atoms with E-state index in [0.717, 1.165) is 12.1 Å². The van der Waals surface area contributed by atoms with E-state index in [2.05, 4.69) is 19.2 Å². The number of carbonyl (C=O) groups excluding carboxylic acids is 1. The summed E-state index contributed by atoms with van der Waals surface area (Å²) < 4.78 is 0. The lowest BCUT2D eigenvalue weighted by molar-refractivity contribution is -0.120. The Bertz CT molecular complexity index is 432. The quantitative estimate of drug-likeness (QED) is 0.833. The number of benzene rings is 1. The third-order valence-corrected chi connectivity index (χ3v) is 3.51. The van der Waals surface area contributed by atoms with Gasteiger partial charge in [-0.1, -0.05) is 38.5 Å². The standard InChI is InChI=1S/C13H16N2OS/c1-3-9(2)11-12(16)14-13(17)15(11)10-7-5-4-6-8-10/h4-9,11H,3H2,1-2H3,(H,14,16,17). The Balaban J connectivity index is 2.36. The zero-order chi connectivity index (χ0) is 12.4. The fourth-order valence-corrected chi connectivity index (χ4v) is 2.41. The molecule has 0 bridgehead atoms. The van der Waals surface area contributed by atoms with E-state index in [-0.39, 0.29) is 17.9 Å². The number of rotatable bonds is 3. The van der Waals surface area contributed by atoms with Gasteiger partial charge < -0.3 is 10.2 Å². The molecular weight excluding hydrogens is 232 g/mol. The van der Waals surface area contributed by atoms with Gasteiger partial charge in [0, 0.05) is 5.69 Å². The van der Waals surface area contributed by atoms with Crippen LogP contribution in [0.15, 0.2) is 30.3 Å². The minimum Gasteiger partial charge on any atom is -0.306 e. The zero-order valence-electron chi connectivity index (χ0n) is 10.0. The molecule has 90 valence electrons. The van der Waals surface area contributed by atoms with Gasteiger partial charge in [0.2, 0.25) is 5.91 Å². The van der Waals surface area contributed by atoms with Crippen molar-refractivity contribution < 1.29 is 4.79 Å². The molecule has 1 saturated heterocycles. The Hall–Kier alpha value is -1.42. The molecule has 1 aromatic rings. The van der Waals surface area contributed by atoms with Crippen LogP contribution < -0.4 is 10.2 Å². The van der Waals surface area contributed by atoms with Crippen LogP contribution in [0.5, 0.6) is 0 Å². The number of anilines is 1. The lowest BCUT2D eigenvalue weighted by Gasteiger charge is -2.27. The van der Waals surface area contributed by atoms with Gasteiger partial charge >= 0.3 is 0 Å². The molecule has 17 heavy (non-hydrogen) atoms. The SMILES string of the molecule is CCC(C)C1C(=O)NC(=S)N1c1ccccc1. The summed E-state index contributed by atoms with van der Waals surface area (Å²) in [5.41, 5.74) is 0.973. The molecule has 1 heterocycles. The van der Waals surface area contributed by atoms with Crippen molar-refractivity contribution in [3.05, 3.63) is 30.3 Å². The molecule has 1 amide bonds. The van der Waals surface area contributed by atoms with Gasteiger partial charge in [-0.05, 0) is 30.3 Å². The highest BCUT2D eigenvalue weighted by Gasteiger charge is 2.39. The van der Waals surface area contributed by atoms with E-state index in [1.807, 2.05) is 35.2 Å². The first-order valence-electron chi connectivity index (χ1n) is 5.84. The molecule has 0 aromatic heterocycles. The Kier molecular flexibility index (Phi) is 3.43. The summed E-state index contributed by atoms with van der Waals surface area (Å²) in [6.45, 7) is 4.16. The molecule has 3 nitrogen and oxygen atoms in total. The maximum absolute atomic E-state index is 11.9. The van der Waals surface area contributed by atoms with Crippen LogP contribution in [0.3, 0.4) is 0 Å². The molecule has 1 N–H and O–H groups in total. The molecule has 4 heteroatoms. The number of hydrogen-bond acceptors (Lipinski definition) is 2. The number of nitrogens with one attached hydrogen (secondary N) is 1. The van der Waals surface area contributed by atoms with Crippen molar-refractivity contribution in [1.82, 2.24) is 5.32 Å². The summed E-state index contributed by atoms with van der Waals surface area (Å²) in [4.78, 5) is 13.9. The fourth-order valence-electron chi connectivity index (χ4n) is 2.09. The Labute approximate surface area is 107 Å². The van der Waals surface area contributed by atoms with Gasteiger partial charge in [-0.3, -0.25) is 4.79 Å². The van der Waals surface area contributed by atoms with Crippen molar-refractivity contribution in [2.75, 3.05) is 4.90 Å². The highest BCUT2D eigenvalue weighted by molar-refractivity contribution is 7.80. The van der Waals surface area contributed by atoms with Crippen LogP contribution in [0.1, 0.15) is 20.3 Å². The van der Waals surface area contributed by atoms with Crippen LogP contribution in [0, 0.1) is 5.92 Å². The van der Waals surface area contributed by atoms with Crippen LogP contribution in [0.2, 0.25) is 0 Å². The predicted molar refractivity (Wildman–Crippen MR) is 72.9 cm³/mol. The molecule has 2 unspecified atom stereocenters. The third-order valence-electron chi connectivity index (χ3n) is 3.21. The smallest absolute Gasteiger partial charge is 0.249 e. The van der Waals surface area contributed by atoms with Gasteiger partial charge in [-0.25, -0.2) is 0 Å². The van der Waals surface area contributed by atoms with Gasteiger partial charge in [0.05, 0.1) is 0 Å². The summed E-state index contributed by atoms with van der Waals surface area (Å²) >= 11 is 5.24. The molecule has 0 saturated carbocycles. The highest BCUT2D eigenvalue weighted by Crippen LogP contribution is 2.26. The first-order valence-corrected chi connectivity index (χ1v) is 6.25. The second-order valence-electron chi connectivity index (χ2n) is 4.33. The summed E-state index contributed by atoms with van der Waals surface area (Å²) in [6, 6.07) is 9.62. The van der Waals surface area contributed by atoms with Crippen LogP contribution >= 0.6 is 12.2 Å². The van der Waals surface area contributed by atoms with Crippen molar-refractivity contribution in [3.63, 3.8) is 0 Å². The third kappa shape index (κ3) is 2.17. The molecule has 2 rings (SSSR count). The summed E-state index contributed by atoms with van der Waals surface area (Å²) in [7, 11) is 0. The van der Waals surface area contributed by atoms with E-state index in [1.165, 1.54) is 0 Å². The molecule has 2 atom stereocenters. The molecule has 0 spiro atoms. The molecule has 0 radical (unpaired) electrons. The second-order valence-corrected chi connectivity index (χ2v) is 4.72. The number of nitrogens with zero attached hydrogens (tertiary/aromatic N) is 1. The zero-order valence-corrected chi connectivity index (χ0v) is 10.8. The monoisotopic (exact) mass is 248 g/mol. The van der Waals surface area contributed by atoms with E-state index >= 15 is 0 Å². The number of thiocarbonyl (C=S) groups is 1. The van der Waals surface area contributed by atoms with Crippen LogP contribution in [0.4, 0.5) is 5.69 Å². The van der Waals surface area contributed by atoms with Crippen molar-refractivity contribution in [1.29, 1.82) is 0 Å². The minimum absolute atomic E-state index is 0.00760. The van der Waals surface area contributed by atoms with E-state index < -0.39 is 0 Å². The van der Waals surface area contributed by atoms with Crippen LogP contribution in [-0.2, 0) is 4.79 Å². The summed E-state index contributed by atoms with van der Waals surface area (Å²) in [5.74, 6) is 0.281. The molecule has 1 aliphatic rings. The van der Waals surface area contributed by atoms with Crippen molar-refractivity contribution in [3.8, 4) is 0 Å². The molecule has 1 aliphatic heterocycles. The van der Waals surface area contributed by atoms with Crippen molar-refractivity contribution in [2.24, 2.45) is 5.92 Å². The summed E-state index contributed by atoms with van der Waals surface area (Å²) in [6.07, 6.45) is 0.948. The minimum atomic E-state index is -0.185. The Morgan fingerprint density at radius 1 is 1.41 bits per heavy atom. The van der Waals surface area contributed by atoms with Gasteiger partial charge in [0.25, 0.3) is 0 Å². The number of carbonyl (C=O) groups is 1. The fraction of sp³-hybridized carbons (Fsp3) is 0.385. The van der Waals surface area contributed by atoms with Crippen LogP contribution in [0.25, 0.3) is 0 Å². The number of hydrogen-bond donors (Lipinski definition) is 1. The first kappa shape index (κ1) is 12.0. The summed E-state index contributed by atoms with van der Waals surface area (Å²) in [5, 5.41) is 3.26. The topological polar surface area (TPSA) is 32.3 Å². The van der Waals surface area contributed by atoms with Gasteiger partial charge in [0.15, 0.2) is 5.11 Å². The normalized spacial score (nSPS) is 21.5. The molecule has 1 fully saturated rings. The van der Waals surface area contributed by atoms with E-state index in [0.29, 0.717) is 5.11 Å². The average Bonchev–Trinajstić information content (AvgIpc) is 2.64. The molecule has 1 aromatic carbocycles. The van der Waals surface area contributed by atoms with E-state index in [4.69, 9.17) is 12.2 Å². The van der Waals surface area contributed by atoms with Gasteiger partial charge in [0.1, 0.15) is 6.04 Å². The number of amides is 1. The highest BCUT2D eigenvalue weighted by atomic mass is 32.1. The van der Waals surface area contributed by atoms with Crippen molar-refractivity contribution >= 4 is 28.9 Å². The largest absolute Gasteiger partial charge is 0.306 e. The Morgan fingerprint density at radius 2 is 2.06 bits per heavy atom. The average molecular weight is 248 g/mol. The molecule has 0 aliphatic carbocycles. The Morgan fingerprint density at radius 3 is 2.65 bits per heavy atom. The first-order chi connectivity index (χ1) is 8.15. The maximum atomic E-state index is 11.9. The van der Waals surface area contributed by atoms with Crippen LogP contribution in [-0.4, -0.2) is 17.1 Å². The number of para-hydroxylation sites is 1. The van der Waals surface area contributed by atoms with E-state index in [9.17, 15) is 4.79 Å². The van der Waals surface area contributed by atoms with E-state index in [1.54, 1.807) is 0 Å². The van der Waals surface area contributed by atoms with Gasteiger partial charge in [-0.15, -0.1) is 0 Å². The molecular formula is C13H16N2OS. The lowest BCUT2D eigenvalue weighted by atomic mass is 9.98. The van der Waals surface area contributed by atoms with Gasteiger partial charge in [-0.2, -0.15) is 0 Å². The van der Waals surface area contributed by atoms with Crippen molar-refractivity contribution in [2.45, 2.75) is 26.3 Å².